The molecule has 1 heterocycles. The van der Waals surface area contributed by atoms with Crippen molar-refractivity contribution < 1.29 is 4.79 Å². The Kier molecular flexibility index (Phi) is 2.10. The smallest absolute Gasteiger partial charge is 0.163 e. The molecule has 0 unspecified atom stereocenters. The molecule has 15 heavy (non-hydrogen) atoms. The summed E-state index contributed by atoms with van der Waals surface area (Å²) in [5, 5.41) is 3.19. The van der Waals surface area contributed by atoms with E-state index in [-0.39, 0.29) is 0 Å². The highest BCUT2D eigenvalue weighted by atomic mass is 32.1. The number of carbonyl (C=O) groups is 1. The lowest BCUT2D eigenvalue weighted by Crippen LogP contribution is -2.00. The van der Waals surface area contributed by atoms with E-state index in [4.69, 9.17) is 0 Å². The van der Waals surface area contributed by atoms with Gasteiger partial charge in [-0.1, -0.05) is 12.1 Å². The summed E-state index contributed by atoms with van der Waals surface area (Å²) in [5.41, 5.74) is 0.917. The van der Waals surface area contributed by atoms with Crippen molar-refractivity contribution in [3.8, 4) is 0 Å². The van der Waals surface area contributed by atoms with Crippen LogP contribution < -0.4 is 0 Å². The van der Waals surface area contributed by atoms with Gasteiger partial charge < -0.3 is 0 Å². The summed E-state index contributed by atoms with van der Waals surface area (Å²) in [5.74, 6) is 0.993. The van der Waals surface area contributed by atoms with E-state index in [1.807, 2.05) is 12.1 Å². The molecule has 0 saturated heterocycles. The fraction of sp³-hybridized carbons (Fsp3) is 0.308. The van der Waals surface area contributed by atoms with Gasteiger partial charge in [0.25, 0.3) is 0 Å². The molecule has 1 aromatic heterocycles. The lowest BCUT2D eigenvalue weighted by atomic mass is 10.0. The van der Waals surface area contributed by atoms with Crippen molar-refractivity contribution >= 4 is 27.2 Å². The zero-order chi connectivity index (χ0) is 10.3. The third-order valence-corrected chi connectivity index (χ3v) is 3.85. The summed E-state index contributed by atoms with van der Waals surface area (Å²) in [6.45, 7) is 0. The molecule has 1 fully saturated rings. The normalized spacial score (nSPS) is 15.7. The highest BCUT2D eigenvalue weighted by Crippen LogP contribution is 2.34. The first-order chi connectivity index (χ1) is 7.34. The summed E-state index contributed by atoms with van der Waals surface area (Å²) >= 11 is 1.70. The van der Waals surface area contributed by atoms with Gasteiger partial charge in [-0.15, -0.1) is 11.3 Å². The topological polar surface area (TPSA) is 17.1 Å². The number of ketones is 1. The molecule has 2 aromatic rings. The second kappa shape index (κ2) is 3.46. The molecule has 3 rings (SSSR count). The van der Waals surface area contributed by atoms with Crippen LogP contribution in [0.1, 0.15) is 29.6 Å². The van der Waals surface area contributed by atoms with E-state index in [0.29, 0.717) is 11.7 Å². The Labute approximate surface area is 92.7 Å². The minimum absolute atomic E-state index is 0.321. The van der Waals surface area contributed by atoms with Gasteiger partial charge in [0.05, 0.1) is 0 Å². The Hall–Kier alpha value is -1.15. The van der Waals surface area contributed by atoms with Crippen LogP contribution in [0.25, 0.3) is 10.1 Å². The van der Waals surface area contributed by atoms with Crippen molar-refractivity contribution in [2.45, 2.75) is 19.3 Å². The molecular weight excluding hydrogens is 204 g/mol. The van der Waals surface area contributed by atoms with E-state index in [9.17, 15) is 4.79 Å². The van der Waals surface area contributed by atoms with Gasteiger partial charge >= 0.3 is 0 Å². The summed E-state index contributed by atoms with van der Waals surface area (Å²) in [6, 6.07) is 8.08. The number of rotatable bonds is 3. The Balaban J connectivity index is 2.01. The van der Waals surface area contributed by atoms with Crippen LogP contribution in [0.3, 0.4) is 0 Å². The predicted octanol–water partition coefficient (Wildman–Crippen LogP) is 3.88. The van der Waals surface area contributed by atoms with Gasteiger partial charge in [0, 0.05) is 22.1 Å². The predicted molar refractivity (Wildman–Crippen MR) is 63.5 cm³/mol. The van der Waals surface area contributed by atoms with Gasteiger partial charge in [-0.05, 0) is 36.3 Å². The van der Waals surface area contributed by atoms with Crippen LogP contribution >= 0.6 is 11.3 Å². The number of fused-ring (bicyclic) bond motifs is 1. The zero-order valence-corrected chi connectivity index (χ0v) is 9.22. The number of carbonyl (C=O) groups excluding carboxylic acids is 1. The van der Waals surface area contributed by atoms with Crippen LogP contribution in [0.4, 0.5) is 0 Å². The highest BCUT2D eigenvalue weighted by molar-refractivity contribution is 7.17. The monoisotopic (exact) mass is 216 g/mol. The highest BCUT2D eigenvalue weighted by Gasteiger charge is 2.25. The quantitative estimate of drug-likeness (QED) is 0.711. The summed E-state index contributed by atoms with van der Waals surface area (Å²) in [4.78, 5) is 12.0. The fourth-order valence-corrected chi connectivity index (χ4v) is 2.74. The molecule has 0 N–H and O–H groups in total. The third-order valence-electron chi connectivity index (χ3n) is 2.97. The van der Waals surface area contributed by atoms with Gasteiger partial charge in [-0.25, -0.2) is 0 Å². The SMILES string of the molecule is O=C(CC1CC1)c1cccc2sccc12. The lowest BCUT2D eigenvalue weighted by Gasteiger charge is -2.01. The maximum Gasteiger partial charge on any atom is 0.163 e. The Morgan fingerprint density at radius 3 is 3.00 bits per heavy atom. The van der Waals surface area contributed by atoms with Crippen LogP contribution in [0.2, 0.25) is 0 Å². The van der Waals surface area contributed by atoms with Crippen molar-refractivity contribution in [1.29, 1.82) is 0 Å². The molecule has 76 valence electrons. The van der Waals surface area contributed by atoms with E-state index in [0.717, 1.165) is 17.4 Å². The minimum atomic E-state index is 0.321. The van der Waals surface area contributed by atoms with Crippen molar-refractivity contribution in [2.75, 3.05) is 0 Å². The Morgan fingerprint density at radius 2 is 2.20 bits per heavy atom. The molecule has 1 aliphatic carbocycles. The average molecular weight is 216 g/mol. The largest absolute Gasteiger partial charge is 0.294 e. The van der Waals surface area contributed by atoms with E-state index < -0.39 is 0 Å². The number of Topliss-reactive ketones (excluding diaryl/α,β-unsaturated/α-hetero) is 1. The summed E-state index contributed by atoms with van der Waals surface area (Å²) in [7, 11) is 0. The lowest BCUT2D eigenvalue weighted by molar-refractivity contribution is 0.0977. The molecule has 1 nitrogen and oxygen atoms in total. The van der Waals surface area contributed by atoms with Crippen LogP contribution in [0, 0.1) is 5.92 Å². The zero-order valence-electron chi connectivity index (χ0n) is 8.40. The fourth-order valence-electron chi connectivity index (χ4n) is 1.93. The Bertz CT molecular complexity index is 508. The molecule has 0 atom stereocenters. The van der Waals surface area contributed by atoms with Crippen molar-refractivity contribution in [1.82, 2.24) is 0 Å². The molecule has 2 heteroatoms. The molecule has 0 radical (unpaired) electrons. The second-order valence-corrected chi connectivity index (χ2v) is 5.16. The van der Waals surface area contributed by atoms with E-state index in [2.05, 4.69) is 17.5 Å². The number of thiophene rings is 1. The molecule has 0 aliphatic heterocycles. The van der Waals surface area contributed by atoms with Gasteiger partial charge in [-0.3, -0.25) is 4.79 Å². The first kappa shape index (κ1) is 9.10. The number of hydrogen-bond donors (Lipinski definition) is 0. The maximum absolute atomic E-state index is 12.0. The molecule has 0 bridgehead atoms. The average Bonchev–Trinajstić information content (AvgIpc) is 2.93. The van der Waals surface area contributed by atoms with Gasteiger partial charge in [0.2, 0.25) is 0 Å². The van der Waals surface area contributed by atoms with Crippen LogP contribution in [-0.2, 0) is 0 Å². The van der Waals surface area contributed by atoms with Crippen molar-refractivity contribution in [3.05, 3.63) is 35.2 Å². The van der Waals surface area contributed by atoms with Gasteiger partial charge in [0.15, 0.2) is 5.78 Å². The van der Waals surface area contributed by atoms with Crippen LogP contribution in [-0.4, -0.2) is 5.78 Å². The van der Waals surface area contributed by atoms with Crippen LogP contribution in [0.5, 0.6) is 0 Å². The van der Waals surface area contributed by atoms with E-state index in [1.54, 1.807) is 11.3 Å². The van der Waals surface area contributed by atoms with Crippen molar-refractivity contribution in [3.63, 3.8) is 0 Å². The molecular formula is C13H12OS. The molecule has 1 saturated carbocycles. The van der Waals surface area contributed by atoms with E-state index >= 15 is 0 Å². The Morgan fingerprint density at radius 1 is 1.33 bits per heavy atom. The van der Waals surface area contributed by atoms with E-state index in [1.165, 1.54) is 17.5 Å². The maximum atomic E-state index is 12.0. The molecule has 1 aliphatic rings. The first-order valence-electron chi connectivity index (χ1n) is 5.34. The van der Waals surface area contributed by atoms with Crippen LogP contribution in [0.15, 0.2) is 29.6 Å². The van der Waals surface area contributed by atoms with Gasteiger partial charge in [0.1, 0.15) is 0 Å². The first-order valence-corrected chi connectivity index (χ1v) is 6.22. The standard InChI is InChI=1S/C13H12OS/c14-12(8-9-4-5-9)10-2-1-3-13-11(10)6-7-15-13/h1-3,6-7,9H,4-5,8H2. The minimum Gasteiger partial charge on any atom is -0.294 e. The second-order valence-electron chi connectivity index (χ2n) is 4.21. The third kappa shape index (κ3) is 1.70. The van der Waals surface area contributed by atoms with Gasteiger partial charge in [-0.2, -0.15) is 0 Å². The number of hydrogen-bond acceptors (Lipinski definition) is 2. The molecule has 1 aromatic carbocycles. The number of benzene rings is 1. The summed E-state index contributed by atoms with van der Waals surface area (Å²) < 4.78 is 1.22. The molecule has 0 amide bonds. The van der Waals surface area contributed by atoms with Crippen molar-refractivity contribution in [2.24, 2.45) is 5.92 Å². The summed E-state index contributed by atoms with van der Waals surface area (Å²) in [6.07, 6.45) is 3.23. The molecule has 0 spiro atoms.